The van der Waals surface area contributed by atoms with Crippen LogP contribution in [0, 0.1) is 0 Å². The van der Waals surface area contributed by atoms with Gasteiger partial charge in [-0.15, -0.1) is 0 Å². The van der Waals surface area contributed by atoms with Crippen molar-refractivity contribution in [2.75, 3.05) is 44.6 Å². The van der Waals surface area contributed by atoms with Gasteiger partial charge in [-0.05, 0) is 47.6 Å². The zero-order valence-corrected chi connectivity index (χ0v) is 20.6. The van der Waals surface area contributed by atoms with Gasteiger partial charge in [-0.3, -0.25) is 9.59 Å². The van der Waals surface area contributed by atoms with Crippen LogP contribution >= 0.6 is 0 Å². The Hall–Kier alpha value is -3.27. The number of likely N-dealkylation sites (N-methyl/N-ethyl adjacent to an activating group) is 1. The van der Waals surface area contributed by atoms with E-state index in [-0.39, 0.29) is 29.7 Å². The lowest BCUT2D eigenvalue weighted by Gasteiger charge is -2.33. The van der Waals surface area contributed by atoms with Crippen LogP contribution in [0.3, 0.4) is 0 Å². The number of sulfonamides is 1. The molecule has 184 valence electrons. The van der Waals surface area contributed by atoms with Gasteiger partial charge in [0, 0.05) is 50.4 Å². The lowest BCUT2D eigenvalue weighted by Crippen LogP contribution is -2.48. The molecule has 35 heavy (non-hydrogen) atoms. The summed E-state index contributed by atoms with van der Waals surface area (Å²) in [4.78, 5) is 27.2. The summed E-state index contributed by atoms with van der Waals surface area (Å²) in [7, 11) is -3.63. The van der Waals surface area contributed by atoms with Crippen LogP contribution in [0.4, 0.5) is 5.69 Å². The van der Waals surface area contributed by atoms with Crippen molar-refractivity contribution in [1.29, 1.82) is 0 Å². The molecule has 3 aromatic rings. The summed E-state index contributed by atoms with van der Waals surface area (Å²) in [6.07, 6.45) is 0.0648. The largest absolute Gasteiger partial charge is 0.352 e. The molecule has 0 aromatic heterocycles. The van der Waals surface area contributed by atoms with Crippen molar-refractivity contribution in [3.63, 3.8) is 0 Å². The fourth-order valence-electron chi connectivity index (χ4n) is 4.12. The highest BCUT2D eigenvalue weighted by Gasteiger charge is 2.28. The molecule has 3 aromatic carbocycles. The topological polar surface area (TPSA) is 98.8 Å². The van der Waals surface area contributed by atoms with Crippen molar-refractivity contribution in [2.45, 2.75) is 18.2 Å². The molecule has 0 spiro atoms. The van der Waals surface area contributed by atoms with Crippen molar-refractivity contribution in [2.24, 2.45) is 0 Å². The summed E-state index contributed by atoms with van der Waals surface area (Å²) < 4.78 is 27.6. The van der Waals surface area contributed by atoms with E-state index in [1.54, 1.807) is 24.3 Å². The minimum absolute atomic E-state index is 0.0648. The normalized spacial score (nSPS) is 15.1. The molecule has 0 bridgehead atoms. The van der Waals surface area contributed by atoms with E-state index >= 15 is 0 Å². The molecule has 1 fully saturated rings. The first-order valence-corrected chi connectivity index (χ1v) is 13.2. The fraction of sp³-hybridized carbons (Fsp3) is 0.308. The molecule has 0 saturated carbocycles. The average molecular weight is 495 g/mol. The number of hydrogen-bond donors (Lipinski definition) is 2. The zero-order chi connectivity index (χ0) is 24.8. The number of hydrogen-bond acceptors (Lipinski definition) is 5. The summed E-state index contributed by atoms with van der Waals surface area (Å²) >= 11 is 0. The number of anilines is 1. The van der Waals surface area contributed by atoms with Gasteiger partial charge < -0.3 is 15.5 Å². The Morgan fingerprint density at radius 3 is 2.37 bits per heavy atom. The highest BCUT2D eigenvalue weighted by molar-refractivity contribution is 7.89. The fourth-order valence-corrected chi connectivity index (χ4v) is 5.58. The first-order chi connectivity index (χ1) is 16.9. The number of carbonyl (C=O) groups is 2. The monoisotopic (exact) mass is 494 g/mol. The molecule has 9 heteroatoms. The molecule has 1 aliphatic heterocycles. The molecule has 0 atom stereocenters. The minimum atomic E-state index is -3.63. The molecule has 0 aliphatic carbocycles. The van der Waals surface area contributed by atoms with Crippen LogP contribution < -0.4 is 10.6 Å². The van der Waals surface area contributed by atoms with Crippen LogP contribution in [0.5, 0.6) is 0 Å². The van der Waals surface area contributed by atoms with Gasteiger partial charge in [-0.1, -0.05) is 43.3 Å². The van der Waals surface area contributed by atoms with Crippen LogP contribution in [0.25, 0.3) is 10.8 Å². The van der Waals surface area contributed by atoms with Crippen molar-refractivity contribution in [1.82, 2.24) is 14.5 Å². The Morgan fingerprint density at radius 1 is 0.886 bits per heavy atom. The Balaban J connectivity index is 1.30. The standard InChI is InChI=1S/C26H30N4O4S/c1-2-29-14-16-30(17-15-29)35(33,34)24-9-5-8-23(19-24)28-25(31)12-13-27-26(32)22-11-10-20-6-3-4-7-21(20)18-22/h3-11,18-19H,2,12-17H2,1H3,(H,27,32)(H,28,31). The number of carbonyl (C=O) groups excluding carboxylic acids is 2. The molecule has 0 unspecified atom stereocenters. The van der Waals surface area contributed by atoms with Gasteiger partial charge in [-0.2, -0.15) is 4.31 Å². The average Bonchev–Trinajstić information content (AvgIpc) is 2.88. The summed E-state index contributed by atoms with van der Waals surface area (Å²) in [5.74, 6) is -0.560. The van der Waals surface area contributed by atoms with Crippen molar-refractivity contribution in [3.05, 3.63) is 72.3 Å². The maximum Gasteiger partial charge on any atom is 0.251 e. The van der Waals surface area contributed by atoms with E-state index in [1.807, 2.05) is 36.4 Å². The number of nitrogens with one attached hydrogen (secondary N) is 2. The summed E-state index contributed by atoms with van der Waals surface area (Å²) in [5, 5.41) is 7.51. The highest BCUT2D eigenvalue weighted by Crippen LogP contribution is 2.21. The maximum absolute atomic E-state index is 13.0. The van der Waals surface area contributed by atoms with Gasteiger partial charge in [0.2, 0.25) is 15.9 Å². The van der Waals surface area contributed by atoms with Crippen molar-refractivity contribution < 1.29 is 18.0 Å². The van der Waals surface area contributed by atoms with E-state index in [0.717, 1.165) is 17.3 Å². The Labute approximate surface area is 206 Å². The van der Waals surface area contributed by atoms with E-state index in [9.17, 15) is 18.0 Å². The quantitative estimate of drug-likeness (QED) is 0.502. The third kappa shape index (κ3) is 6.05. The molecule has 4 rings (SSSR count). The minimum Gasteiger partial charge on any atom is -0.352 e. The van der Waals surface area contributed by atoms with Crippen molar-refractivity contribution >= 4 is 38.3 Å². The number of piperazine rings is 1. The third-order valence-electron chi connectivity index (χ3n) is 6.18. The summed E-state index contributed by atoms with van der Waals surface area (Å²) in [6, 6.07) is 19.5. The second kappa shape index (κ2) is 11.0. The van der Waals surface area contributed by atoms with Gasteiger partial charge >= 0.3 is 0 Å². The predicted molar refractivity (Wildman–Crippen MR) is 137 cm³/mol. The first kappa shape index (κ1) is 24.8. The molecule has 0 radical (unpaired) electrons. The van der Waals surface area contributed by atoms with E-state index < -0.39 is 10.0 Å². The zero-order valence-electron chi connectivity index (χ0n) is 19.7. The number of amides is 2. The van der Waals surface area contributed by atoms with Gasteiger partial charge in [0.25, 0.3) is 5.91 Å². The predicted octanol–water partition coefficient (Wildman–Crippen LogP) is 2.92. The number of rotatable bonds is 8. The molecule has 8 nitrogen and oxygen atoms in total. The second-order valence-electron chi connectivity index (χ2n) is 8.48. The molecule has 1 heterocycles. The van der Waals surface area contributed by atoms with Crippen LogP contribution in [-0.2, 0) is 14.8 Å². The van der Waals surface area contributed by atoms with E-state index in [0.29, 0.717) is 37.4 Å². The second-order valence-corrected chi connectivity index (χ2v) is 10.4. The number of nitrogens with zero attached hydrogens (tertiary/aromatic N) is 2. The van der Waals surface area contributed by atoms with Crippen LogP contribution in [0.15, 0.2) is 71.6 Å². The maximum atomic E-state index is 13.0. The van der Waals surface area contributed by atoms with E-state index in [4.69, 9.17) is 0 Å². The lowest BCUT2D eigenvalue weighted by atomic mass is 10.1. The molecular formula is C26H30N4O4S. The summed E-state index contributed by atoms with van der Waals surface area (Å²) in [5.41, 5.74) is 0.936. The number of fused-ring (bicyclic) bond motifs is 1. The highest BCUT2D eigenvalue weighted by atomic mass is 32.2. The Bertz CT molecular complexity index is 1320. The van der Waals surface area contributed by atoms with Crippen LogP contribution in [-0.4, -0.2) is 68.7 Å². The van der Waals surface area contributed by atoms with Gasteiger partial charge in [0.15, 0.2) is 0 Å². The van der Waals surface area contributed by atoms with E-state index in [2.05, 4.69) is 22.5 Å². The van der Waals surface area contributed by atoms with Gasteiger partial charge in [-0.25, -0.2) is 8.42 Å². The third-order valence-corrected chi connectivity index (χ3v) is 8.08. The molecule has 2 amide bonds. The molecule has 1 saturated heterocycles. The van der Waals surface area contributed by atoms with Crippen molar-refractivity contribution in [3.8, 4) is 0 Å². The van der Waals surface area contributed by atoms with E-state index in [1.165, 1.54) is 10.4 Å². The van der Waals surface area contributed by atoms with Crippen LogP contribution in [0.1, 0.15) is 23.7 Å². The summed E-state index contributed by atoms with van der Waals surface area (Å²) in [6.45, 7) is 5.43. The smallest absolute Gasteiger partial charge is 0.251 e. The number of benzene rings is 3. The molecule has 2 N–H and O–H groups in total. The molecular weight excluding hydrogens is 464 g/mol. The lowest BCUT2D eigenvalue weighted by molar-refractivity contribution is -0.116. The van der Waals surface area contributed by atoms with Gasteiger partial charge in [0.05, 0.1) is 4.90 Å². The van der Waals surface area contributed by atoms with Gasteiger partial charge in [0.1, 0.15) is 0 Å². The SMILES string of the molecule is CCN1CCN(S(=O)(=O)c2cccc(NC(=O)CCNC(=O)c3ccc4ccccc4c3)c2)CC1. The first-order valence-electron chi connectivity index (χ1n) is 11.8. The Morgan fingerprint density at radius 2 is 1.63 bits per heavy atom. The van der Waals surface area contributed by atoms with Crippen LogP contribution in [0.2, 0.25) is 0 Å². The molecule has 1 aliphatic rings. The Kier molecular flexibility index (Phi) is 7.80.